The van der Waals surface area contributed by atoms with E-state index < -0.39 is 0 Å². The molecular weight excluding hydrogens is 266 g/mol. The lowest BCUT2D eigenvalue weighted by molar-refractivity contribution is 0.758. The Bertz CT molecular complexity index is 350. The molecule has 16 heavy (non-hydrogen) atoms. The van der Waals surface area contributed by atoms with Gasteiger partial charge in [-0.3, -0.25) is 0 Å². The third-order valence-corrected chi connectivity index (χ3v) is 3.07. The van der Waals surface area contributed by atoms with Gasteiger partial charge < -0.3 is 5.32 Å². The van der Waals surface area contributed by atoms with Crippen molar-refractivity contribution in [3.05, 3.63) is 16.0 Å². The van der Waals surface area contributed by atoms with Gasteiger partial charge in [-0.25, -0.2) is 9.97 Å². The number of aryl methyl sites for hydroxylation is 1. The fourth-order valence-electron chi connectivity index (χ4n) is 1.52. The Hall–Kier alpha value is -0.640. The molecule has 0 radical (unpaired) electrons. The van der Waals surface area contributed by atoms with E-state index in [0.29, 0.717) is 5.92 Å². The summed E-state index contributed by atoms with van der Waals surface area (Å²) in [6, 6.07) is 0. The molecule has 90 valence electrons. The molecule has 0 aromatic carbocycles. The number of rotatable bonds is 5. The van der Waals surface area contributed by atoms with Crippen molar-refractivity contribution < 1.29 is 0 Å². The molecule has 0 saturated carbocycles. The van der Waals surface area contributed by atoms with E-state index in [0.717, 1.165) is 41.2 Å². The second-order valence-electron chi connectivity index (χ2n) is 4.12. The number of nitrogens with one attached hydrogen (secondary N) is 1. The van der Waals surface area contributed by atoms with Crippen molar-refractivity contribution in [2.45, 2.75) is 46.5 Å². The fourth-order valence-corrected chi connectivity index (χ4v) is 2.29. The molecule has 0 aliphatic carbocycles. The number of aromatic nitrogens is 2. The third-order valence-electron chi connectivity index (χ3n) is 2.29. The summed E-state index contributed by atoms with van der Waals surface area (Å²) in [4.78, 5) is 9.13. The van der Waals surface area contributed by atoms with Gasteiger partial charge in [0.25, 0.3) is 0 Å². The van der Waals surface area contributed by atoms with Crippen LogP contribution < -0.4 is 5.32 Å². The van der Waals surface area contributed by atoms with E-state index >= 15 is 0 Å². The quantitative estimate of drug-likeness (QED) is 0.895. The average molecular weight is 286 g/mol. The second-order valence-corrected chi connectivity index (χ2v) is 4.92. The minimum Gasteiger partial charge on any atom is -0.369 e. The summed E-state index contributed by atoms with van der Waals surface area (Å²) < 4.78 is 1.00. The van der Waals surface area contributed by atoms with Gasteiger partial charge in [0.05, 0.1) is 10.2 Å². The Morgan fingerprint density at radius 2 is 1.94 bits per heavy atom. The molecule has 0 atom stereocenters. The maximum absolute atomic E-state index is 4.61. The molecular formula is C12H20BrN3. The van der Waals surface area contributed by atoms with Gasteiger partial charge in [0.1, 0.15) is 11.6 Å². The maximum Gasteiger partial charge on any atom is 0.144 e. The van der Waals surface area contributed by atoms with Crippen molar-refractivity contribution in [3.8, 4) is 0 Å². The van der Waals surface area contributed by atoms with Crippen LogP contribution in [-0.2, 0) is 6.42 Å². The zero-order chi connectivity index (χ0) is 12.1. The van der Waals surface area contributed by atoms with Gasteiger partial charge in [-0.1, -0.05) is 20.8 Å². The molecule has 0 saturated heterocycles. The van der Waals surface area contributed by atoms with Crippen LogP contribution >= 0.6 is 15.9 Å². The first-order valence-electron chi connectivity index (χ1n) is 5.90. The number of nitrogens with zero attached hydrogens (tertiary/aromatic N) is 2. The Morgan fingerprint density at radius 1 is 1.25 bits per heavy atom. The predicted octanol–water partition coefficient (Wildman–Crippen LogP) is 3.75. The molecule has 0 fully saturated rings. The highest BCUT2D eigenvalue weighted by Gasteiger charge is 2.13. The van der Waals surface area contributed by atoms with Crippen molar-refractivity contribution in [2.24, 2.45) is 0 Å². The second kappa shape index (κ2) is 6.18. The van der Waals surface area contributed by atoms with Crippen LogP contribution in [0, 0.1) is 0 Å². The van der Waals surface area contributed by atoms with Crippen LogP contribution in [-0.4, -0.2) is 16.5 Å². The highest BCUT2D eigenvalue weighted by molar-refractivity contribution is 9.10. The van der Waals surface area contributed by atoms with Crippen LogP contribution in [0.15, 0.2) is 4.47 Å². The van der Waals surface area contributed by atoms with Gasteiger partial charge in [0.2, 0.25) is 0 Å². The SMILES string of the molecule is CCCc1nc(NCC)c(Br)c(C(C)C)n1. The minimum atomic E-state index is 0.408. The molecule has 0 unspecified atom stereocenters. The van der Waals surface area contributed by atoms with Gasteiger partial charge >= 0.3 is 0 Å². The van der Waals surface area contributed by atoms with Crippen molar-refractivity contribution in [1.82, 2.24) is 9.97 Å². The van der Waals surface area contributed by atoms with Crippen LogP contribution in [0.4, 0.5) is 5.82 Å². The Kier molecular flexibility index (Phi) is 5.19. The van der Waals surface area contributed by atoms with E-state index in [1.54, 1.807) is 0 Å². The largest absolute Gasteiger partial charge is 0.369 e. The topological polar surface area (TPSA) is 37.8 Å². The van der Waals surface area contributed by atoms with E-state index in [2.05, 4.69) is 58.9 Å². The first kappa shape index (κ1) is 13.4. The lowest BCUT2D eigenvalue weighted by Crippen LogP contribution is -2.08. The molecule has 4 heteroatoms. The smallest absolute Gasteiger partial charge is 0.144 e. The van der Waals surface area contributed by atoms with Crippen molar-refractivity contribution >= 4 is 21.7 Å². The molecule has 1 aromatic rings. The summed E-state index contributed by atoms with van der Waals surface area (Å²) >= 11 is 3.58. The van der Waals surface area contributed by atoms with Gasteiger partial charge in [0.15, 0.2) is 0 Å². The zero-order valence-corrected chi connectivity index (χ0v) is 12.1. The van der Waals surface area contributed by atoms with Gasteiger partial charge in [-0.15, -0.1) is 0 Å². The summed E-state index contributed by atoms with van der Waals surface area (Å²) in [6.45, 7) is 9.40. The van der Waals surface area contributed by atoms with Gasteiger partial charge in [-0.05, 0) is 35.2 Å². The first-order chi connectivity index (χ1) is 7.60. The summed E-state index contributed by atoms with van der Waals surface area (Å²) in [5.74, 6) is 2.26. The number of anilines is 1. The Balaban J connectivity index is 3.16. The number of hydrogen-bond donors (Lipinski definition) is 1. The Labute approximate surface area is 106 Å². The first-order valence-corrected chi connectivity index (χ1v) is 6.69. The lowest BCUT2D eigenvalue weighted by atomic mass is 10.1. The molecule has 0 aliphatic rings. The summed E-state index contributed by atoms with van der Waals surface area (Å²) in [6.07, 6.45) is 2.01. The molecule has 0 bridgehead atoms. The number of halogens is 1. The molecule has 1 N–H and O–H groups in total. The standard InChI is InChI=1S/C12H20BrN3/c1-5-7-9-15-11(8(3)4)10(13)12(16-9)14-6-2/h8H,5-7H2,1-4H3,(H,14,15,16). The van der Waals surface area contributed by atoms with Crippen molar-refractivity contribution in [2.75, 3.05) is 11.9 Å². The van der Waals surface area contributed by atoms with Crippen molar-refractivity contribution in [3.63, 3.8) is 0 Å². The Morgan fingerprint density at radius 3 is 2.44 bits per heavy atom. The summed E-state index contributed by atoms with van der Waals surface area (Å²) in [7, 11) is 0. The highest BCUT2D eigenvalue weighted by Crippen LogP contribution is 2.28. The molecule has 1 aromatic heterocycles. The van der Waals surface area contributed by atoms with Crippen LogP contribution in [0.3, 0.4) is 0 Å². The van der Waals surface area contributed by atoms with Gasteiger partial charge in [0, 0.05) is 13.0 Å². The average Bonchev–Trinajstić information content (AvgIpc) is 2.23. The van der Waals surface area contributed by atoms with Crippen LogP contribution in [0.5, 0.6) is 0 Å². The zero-order valence-electron chi connectivity index (χ0n) is 10.5. The van der Waals surface area contributed by atoms with Crippen LogP contribution in [0.2, 0.25) is 0 Å². The number of hydrogen-bond acceptors (Lipinski definition) is 3. The molecule has 3 nitrogen and oxygen atoms in total. The fraction of sp³-hybridized carbons (Fsp3) is 0.667. The predicted molar refractivity (Wildman–Crippen MR) is 72.0 cm³/mol. The molecule has 0 spiro atoms. The monoisotopic (exact) mass is 285 g/mol. The van der Waals surface area contributed by atoms with Crippen LogP contribution in [0.25, 0.3) is 0 Å². The highest BCUT2D eigenvalue weighted by atomic mass is 79.9. The summed E-state index contributed by atoms with van der Waals surface area (Å²) in [5, 5.41) is 3.27. The van der Waals surface area contributed by atoms with Gasteiger partial charge in [-0.2, -0.15) is 0 Å². The molecule has 1 heterocycles. The van der Waals surface area contributed by atoms with E-state index in [1.165, 1.54) is 0 Å². The third kappa shape index (κ3) is 3.17. The molecule has 1 rings (SSSR count). The van der Waals surface area contributed by atoms with Crippen molar-refractivity contribution in [1.29, 1.82) is 0 Å². The van der Waals surface area contributed by atoms with E-state index in [9.17, 15) is 0 Å². The molecule has 0 amide bonds. The van der Waals surface area contributed by atoms with Crippen LogP contribution in [0.1, 0.15) is 51.6 Å². The van der Waals surface area contributed by atoms with E-state index in [1.807, 2.05) is 0 Å². The molecule has 0 aliphatic heterocycles. The van der Waals surface area contributed by atoms with E-state index in [4.69, 9.17) is 0 Å². The maximum atomic E-state index is 4.61. The minimum absolute atomic E-state index is 0.408. The summed E-state index contributed by atoms with van der Waals surface area (Å²) in [5.41, 5.74) is 1.09. The normalized spacial score (nSPS) is 10.9. The van der Waals surface area contributed by atoms with E-state index in [-0.39, 0.29) is 0 Å². The lowest BCUT2D eigenvalue weighted by Gasteiger charge is -2.13.